The highest BCUT2D eigenvalue weighted by atomic mass is 16.7. The number of carbonyl (C=O) groups excluding carboxylic acids is 3. The van der Waals surface area contributed by atoms with Crippen LogP contribution in [0.25, 0.3) is 0 Å². The standard InChI is InChI=1S/C34H36O11/c1-18-21-16-24(36)45-33(21,41)17-22-25(18)26(43-28(37)19-10-6-4-7-11-19)27(44-29(38)20-12-8-5-9-13-20)34(42)31(22,2)15-14-23(35)32(34,3)30(39)40/h4-13,16,18,22-23,25-27,35,41-42H,14-15,17H2,1-3H3,(H,39,40)/t18-,22+,23-,25+,26+,27+,31-,32-,33+,34-/m0/s1. The third-order valence-corrected chi connectivity index (χ3v) is 11.1. The lowest BCUT2D eigenvalue weighted by atomic mass is 9.38. The van der Waals surface area contributed by atoms with Crippen LogP contribution >= 0.6 is 0 Å². The van der Waals surface area contributed by atoms with Crippen molar-refractivity contribution in [2.45, 2.75) is 69.7 Å². The van der Waals surface area contributed by atoms with E-state index in [1.807, 2.05) is 0 Å². The normalized spacial score (nSPS) is 40.1. The van der Waals surface area contributed by atoms with E-state index in [-0.39, 0.29) is 36.0 Å². The zero-order chi connectivity index (χ0) is 32.5. The summed E-state index contributed by atoms with van der Waals surface area (Å²) in [4.78, 5) is 53.0. The number of rotatable bonds is 5. The van der Waals surface area contributed by atoms with Gasteiger partial charge in [0.15, 0.2) is 6.10 Å². The van der Waals surface area contributed by atoms with Crippen LogP contribution in [-0.2, 0) is 23.8 Å². The summed E-state index contributed by atoms with van der Waals surface area (Å²) in [6.45, 7) is 4.55. The third kappa shape index (κ3) is 4.28. The van der Waals surface area contributed by atoms with Crippen LogP contribution in [0.15, 0.2) is 72.3 Å². The monoisotopic (exact) mass is 620 g/mol. The molecular weight excluding hydrogens is 584 g/mol. The van der Waals surface area contributed by atoms with Gasteiger partial charge in [-0.3, -0.25) is 4.79 Å². The molecule has 45 heavy (non-hydrogen) atoms. The fourth-order valence-electron chi connectivity index (χ4n) is 8.71. The summed E-state index contributed by atoms with van der Waals surface area (Å²) >= 11 is 0. The molecular formula is C34H36O11. The average Bonchev–Trinajstić information content (AvgIpc) is 3.34. The Labute approximate surface area is 259 Å². The molecule has 0 saturated heterocycles. The van der Waals surface area contributed by atoms with Crippen molar-refractivity contribution in [2.24, 2.45) is 28.6 Å². The Morgan fingerprint density at radius 3 is 2.02 bits per heavy atom. The second kappa shape index (κ2) is 10.5. The Morgan fingerprint density at radius 1 is 0.911 bits per heavy atom. The molecule has 2 aromatic carbocycles. The molecule has 4 N–H and O–H groups in total. The van der Waals surface area contributed by atoms with E-state index < -0.39 is 82.2 Å². The number of carboxylic acid groups (broad SMARTS) is 1. The van der Waals surface area contributed by atoms with Gasteiger partial charge in [0.2, 0.25) is 5.79 Å². The van der Waals surface area contributed by atoms with Gasteiger partial charge < -0.3 is 34.6 Å². The Balaban J connectivity index is 1.59. The lowest BCUT2D eigenvalue weighted by molar-refractivity contribution is -0.339. The molecule has 3 aliphatic carbocycles. The van der Waals surface area contributed by atoms with Gasteiger partial charge in [-0.2, -0.15) is 0 Å². The third-order valence-electron chi connectivity index (χ3n) is 11.1. The predicted molar refractivity (Wildman–Crippen MR) is 155 cm³/mol. The fourth-order valence-corrected chi connectivity index (χ4v) is 8.71. The summed E-state index contributed by atoms with van der Waals surface area (Å²) in [5, 5.41) is 46.7. The second-order valence-corrected chi connectivity index (χ2v) is 13.2. The smallest absolute Gasteiger partial charge is 0.338 e. The summed E-state index contributed by atoms with van der Waals surface area (Å²) in [6, 6.07) is 15.9. The number of hydrogen-bond donors (Lipinski definition) is 4. The maximum atomic E-state index is 13.7. The van der Waals surface area contributed by atoms with Crippen LogP contribution in [0.2, 0.25) is 0 Å². The van der Waals surface area contributed by atoms with E-state index in [9.17, 15) is 39.6 Å². The highest BCUT2D eigenvalue weighted by molar-refractivity contribution is 5.91. The Hall–Kier alpha value is -4.06. The topological polar surface area (TPSA) is 177 Å². The number of esters is 3. The van der Waals surface area contributed by atoms with E-state index in [1.165, 1.54) is 37.3 Å². The molecule has 1 heterocycles. The molecule has 11 heteroatoms. The van der Waals surface area contributed by atoms with E-state index in [4.69, 9.17) is 14.2 Å². The predicted octanol–water partition coefficient (Wildman–Crippen LogP) is 2.88. The molecule has 10 atom stereocenters. The molecule has 11 nitrogen and oxygen atoms in total. The van der Waals surface area contributed by atoms with Crippen LogP contribution in [0.3, 0.4) is 0 Å². The number of carbonyl (C=O) groups is 4. The van der Waals surface area contributed by atoms with Crippen molar-refractivity contribution in [2.75, 3.05) is 0 Å². The Bertz CT molecular complexity index is 1570. The number of benzene rings is 2. The number of aliphatic hydroxyl groups excluding tert-OH is 1. The van der Waals surface area contributed by atoms with Crippen LogP contribution in [-0.4, -0.2) is 74.0 Å². The van der Waals surface area contributed by atoms with Gasteiger partial charge in [0.05, 0.1) is 17.2 Å². The van der Waals surface area contributed by atoms with Crippen LogP contribution in [0.5, 0.6) is 0 Å². The number of carboxylic acids is 1. The van der Waals surface area contributed by atoms with E-state index >= 15 is 0 Å². The van der Waals surface area contributed by atoms with E-state index in [0.29, 0.717) is 0 Å². The Morgan fingerprint density at radius 2 is 1.47 bits per heavy atom. The van der Waals surface area contributed by atoms with Gasteiger partial charge in [0, 0.05) is 29.4 Å². The molecule has 2 aromatic rings. The van der Waals surface area contributed by atoms with Gasteiger partial charge >= 0.3 is 23.9 Å². The van der Waals surface area contributed by atoms with E-state index in [2.05, 4.69) is 0 Å². The van der Waals surface area contributed by atoms with Crippen LogP contribution < -0.4 is 0 Å². The zero-order valence-electron chi connectivity index (χ0n) is 25.1. The highest BCUT2D eigenvalue weighted by Gasteiger charge is 2.80. The van der Waals surface area contributed by atoms with Crippen molar-refractivity contribution in [1.29, 1.82) is 0 Å². The summed E-state index contributed by atoms with van der Waals surface area (Å²) in [5.74, 6) is -8.41. The van der Waals surface area contributed by atoms with Crippen molar-refractivity contribution >= 4 is 23.9 Å². The van der Waals surface area contributed by atoms with Gasteiger partial charge in [-0.15, -0.1) is 0 Å². The molecule has 6 rings (SSSR count). The van der Waals surface area contributed by atoms with Gasteiger partial charge in [0.25, 0.3) is 0 Å². The van der Waals surface area contributed by atoms with Crippen LogP contribution in [0, 0.1) is 28.6 Å². The minimum Gasteiger partial charge on any atom is -0.481 e. The lowest BCUT2D eigenvalue weighted by Gasteiger charge is -2.69. The van der Waals surface area contributed by atoms with Crippen molar-refractivity contribution in [3.05, 3.63) is 83.4 Å². The molecule has 0 bridgehead atoms. The van der Waals surface area contributed by atoms with Gasteiger partial charge in [-0.1, -0.05) is 50.2 Å². The largest absolute Gasteiger partial charge is 0.481 e. The summed E-state index contributed by atoms with van der Waals surface area (Å²) in [6.07, 6.45) is -3.89. The summed E-state index contributed by atoms with van der Waals surface area (Å²) in [7, 11) is 0. The molecule has 4 aliphatic rings. The van der Waals surface area contributed by atoms with Crippen molar-refractivity contribution < 1.29 is 53.8 Å². The Kier molecular flexibility index (Phi) is 7.22. The first-order valence-corrected chi connectivity index (χ1v) is 15.0. The molecule has 1 aliphatic heterocycles. The van der Waals surface area contributed by atoms with Crippen molar-refractivity contribution in [1.82, 2.24) is 0 Å². The SMILES string of the molecule is C[C@H]1C2=CC(=O)O[C@]2(O)C[C@@H]2[C@@H]1[C@@H](OC(=O)c1ccccc1)[C@@H](OC(=O)c1ccccc1)[C@]1(O)[C@@]2(C)CC[C@H](O)[C@@]1(C)C(=O)O. The molecule has 0 radical (unpaired) electrons. The fraction of sp³-hybridized carbons (Fsp3) is 0.471. The number of aliphatic carboxylic acids is 1. The first-order chi connectivity index (χ1) is 21.2. The first kappa shape index (κ1) is 30.9. The second-order valence-electron chi connectivity index (χ2n) is 13.2. The molecule has 3 saturated carbocycles. The number of ether oxygens (including phenoxy) is 3. The molecule has 0 aromatic heterocycles. The molecule has 0 spiro atoms. The van der Waals surface area contributed by atoms with Gasteiger partial charge in [0.1, 0.15) is 17.1 Å². The lowest BCUT2D eigenvalue weighted by Crippen LogP contribution is -2.82. The molecule has 0 unspecified atom stereocenters. The minimum absolute atomic E-state index is 0.0338. The quantitative estimate of drug-likeness (QED) is 0.286. The molecule has 3 fully saturated rings. The average molecular weight is 621 g/mol. The number of hydrogen-bond acceptors (Lipinski definition) is 10. The molecule has 238 valence electrons. The maximum Gasteiger partial charge on any atom is 0.338 e. The van der Waals surface area contributed by atoms with E-state index in [0.717, 1.165) is 0 Å². The highest BCUT2D eigenvalue weighted by Crippen LogP contribution is 2.69. The van der Waals surface area contributed by atoms with Gasteiger partial charge in [-0.25, -0.2) is 14.4 Å². The summed E-state index contributed by atoms with van der Waals surface area (Å²) < 4.78 is 17.6. The summed E-state index contributed by atoms with van der Waals surface area (Å²) in [5.41, 5.74) is -5.85. The number of fused-ring (bicyclic) bond motifs is 4. The number of aliphatic hydroxyl groups is 3. The molecule has 0 amide bonds. The first-order valence-electron chi connectivity index (χ1n) is 15.0. The maximum absolute atomic E-state index is 13.7. The van der Waals surface area contributed by atoms with E-state index in [1.54, 1.807) is 50.2 Å². The van der Waals surface area contributed by atoms with Crippen LogP contribution in [0.1, 0.15) is 60.7 Å². The zero-order valence-corrected chi connectivity index (χ0v) is 25.1. The van der Waals surface area contributed by atoms with Crippen molar-refractivity contribution in [3.63, 3.8) is 0 Å². The minimum atomic E-state index is -2.56. The van der Waals surface area contributed by atoms with Gasteiger partial charge in [-0.05, 0) is 55.9 Å². The van der Waals surface area contributed by atoms with Crippen molar-refractivity contribution in [3.8, 4) is 0 Å². The van der Waals surface area contributed by atoms with Crippen LogP contribution in [0.4, 0.5) is 0 Å².